The quantitative estimate of drug-likeness (QED) is 0.732. The van der Waals surface area contributed by atoms with Crippen molar-refractivity contribution in [3.8, 4) is 5.75 Å². The van der Waals surface area contributed by atoms with Crippen molar-refractivity contribution >= 4 is 0 Å². The molecule has 0 aliphatic rings. The van der Waals surface area contributed by atoms with E-state index in [2.05, 4.69) is 26.0 Å². The van der Waals surface area contributed by atoms with Crippen molar-refractivity contribution in [2.45, 2.75) is 45.1 Å². The number of unbranched alkanes of at least 4 members (excludes halogenated alkanes) is 1. The van der Waals surface area contributed by atoms with Crippen LogP contribution < -0.4 is 10.5 Å². The number of nitrogens with two attached hydrogens (primary N) is 1. The second kappa shape index (κ2) is 7.39. The van der Waals surface area contributed by atoms with E-state index in [0.717, 1.165) is 30.6 Å². The van der Waals surface area contributed by atoms with Crippen LogP contribution in [0.15, 0.2) is 18.2 Å². The average molecular weight is 251 g/mol. The third kappa shape index (κ3) is 4.00. The fourth-order valence-electron chi connectivity index (χ4n) is 2.03. The van der Waals surface area contributed by atoms with Crippen LogP contribution in [0.2, 0.25) is 0 Å². The second-order valence-electron chi connectivity index (χ2n) is 4.98. The zero-order valence-electron chi connectivity index (χ0n) is 11.6. The van der Waals surface area contributed by atoms with Crippen LogP contribution in [0.3, 0.4) is 0 Å². The molecule has 3 nitrogen and oxygen atoms in total. The van der Waals surface area contributed by atoms with E-state index in [4.69, 9.17) is 15.6 Å². The van der Waals surface area contributed by atoms with E-state index in [1.54, 1.807) is 7.11 Å². The summed E-state index contributed by atoms with van der Waals surface area (Å²) in [7, 11) is 1.67. The van der Waals surface area contributed by atoms with Crippen molar-refractivity contribution in [2.75, 3.05) is 13.7 Å². The van der Waals surface area contributed by atoms with Gasteiger partial charge < -0.3 is 15.6 Å². The molecule has 0 aliphatic heterocycles. The van der Waals surface area contributed by atoms with Crippen molar-refractivity contribution in [1.29, 1.82) is 0 Å². The number of hydrogen-bond acceptors (Lipinski definition) is 3. The Morgan fingerprint density at radius 1 is 1.28 bits per heavy atom. The van der Waals surface area contributed by atoms with Crippen LogP contribution in [-0.2, 0) is 0 Å². The number of benzene rings is 1. The number of ether oxygens (including phenoxy) is 1. The minimum atomic E-state index is -0.0230. The van der Waals surface area contributed by atoms with Crippen LogP contribution >= 0.6 is 0 Å². The third-order valence-electron chi connectivity index (χ3n) is 3.24. The average Bonchev–Trinajstić information content (AvgIpc) is 2.38. The highest BCUT2D eigenvalue weighted by Gasteiger charge is 2.13. The normalized spacial score (nSPS) is 12.8. The summed E-state index contributed by atoms with van der Waals surface area (Å²) in [5.41, 5.74) is 8.57. The van der Waals surface area contributed by atoms with Gasteiger partial charge in [0.2, 0.25) is 0 Å². The van der Waals surface area contributed by atoms with Crippen molar-refractivity contribution in [1.82, 2.24) is 0 Å². The Morgan fingerprint density at radius 2 is 2.00 bits per heavy atom. The molecule has 102 valence electrons. The number of rotatable bonds is 7. The molecule has 0 spiro atoms. The van der Waals surface area contributed by atoms with Gasteiger partial charge in [-0.2, -0.15) is 0 Å². The van der Waals surface area contributed by atoms with Gasteiger partial charge in [0.25, 0.3) is 0 Å². The Morgan fingerprint density at radius 3 is 2.56 bits per heavy atom. The van der Waals surface area contributed by atoms with Crippen molar-refractivity contribution in [3.05, 3.63) is 29.3 Å². The lowest BCUT2D eigenvalue weighted by atomic mass is 9.95. The van der Waals surface area contributed by atoms with Crippen LogP contribution in [0.25, 0.3) is 0 Å². The van der Waals surface area contributed by atoms with Crippen molar-refractivity contribution < 1.29 is 9.84 Å². The number of aliphatic hydroxyl groups excluding tert-OH is 1. The first kappa shape index (κ1) is 15.0. The molecular formula is C15H25NO2. The highest BCUT2D eigenvalue weighted by molar-refractivity contribution is 5.40. The van der Waals surface area contributed by atoms with Gasteiger partial charge in [-0.1, -0.05) is 26.0 Å². The number of hydrogen-bond donors (Lipinski definition) is 2. The van der Waals surface area contributed by atoms with Crippen LogP contribution in [0.4, 0.5) is 0 Å². The second-order valence-corrected chi connectivity index (χ2v) is 4.98. The molecule has 0 saturated heterocycles. The maximum atomic E-state index is 8.80. The maximum Gasteiger partial charge on any atom is 0.123 e. The molecule has 1 aromatic rings. The smallest absolute Gasteiger partial charge is 0.123 e. The third-order valence-corrected chi connectivity index (χ3v) is 3.24. The van der Waals surface area contributed by atoms with E-state index < -0.39 is 0 Å². The zero-order valence-corrected chi connectivity index (χ0v) is 11.6. The minimum absolute atomic E-state index is 0.0230. The molecule has 1 rings (SSSR count). The van der Waals surface area contributed by atoms with E-state index in [9.17, 15) is 0 Å². The number of methoxy groups -OCH3 is 1. The lowest BCUT2D eigenvalue weighted by Crippen LogP contribution is -2.12. The Labute approximate surface area is 110 Å². The van der Waals surface area contributed by atoms with E-state index in [1.165, 1.54) is 5.56 Å². The Hall–Kier alpha value is -1.06. The Balaban J connectivity index is 2.85. The highest BCUT2D eigenvalue weighted by atomic mass is 16.5. The summed E-state index contributed by atoms with van der Waals surface area (Å²) in [4.78, 5) is 0. The van der Waals surface area contributed by atoms with Gasteiger partial charge in [0.15, 0.2) is 0 Å². The van der Waals surface area contributed by atoms with E-state index >= 15 is 0 Å². The van der Waals surface area contributed by atoms with E-state index in [1.807, 2.05) is 6.07 Å². The molecule has 3 heteroatoms. The van der Waals surface area contributed by atoms with Gasteiger partial charge in [0.05, 0.1) is 7.11 Å². The van der Waals surface area contributed by atoms with E-state index in [-0.39, 0.29) is 12.6 Å². The molecule has 1 aromatic carbocycles. The molecule has 0 bridgehead atoms. The predicted octanol–water partition coefficient (Wildman–Crippen LogP) is 2.98. The van der Waals surface area contributed by atoms with Crippen LogP contribution in [-0.4, -0.2) is 18.8 Å². The Kier molecular flexibility index (Phi) is 6.16. The monoisotopic (exact) mass is 251 g/mol. The maximum absolute atomic E-state index is 8.80. The molecule has 0 aromatic heterocycles. The summed E-state index contributed by atoms with van der Waals surface area (Å²) in [6.45, 7) is 4.57. The molecule has 0 fully saturated rings. The fraction of sp³-hybridized carbons (Fsp3) is 0.600. The topological polar surface area (TPSA) is 55.5 Å². The molecule has 1 atom stereocenters. The van der Waals surface area contributed by atoms with Gasteiger partial charge in [0.1, 0.15) is 5.75 Å². The first-order valence-electron chi connectivity index (χ1n) is 6.64. The standard InChI is InChI=1S/C15H25NO2/c1-11(2)12-7-8-15(18-3)13(10-12)14(16)6-4-5-9-17/h7-8,10-11,14,17H,4-6,9,16H2,1-3H3. The van der Waals surface area contributed by atoms with Gasteiger partial charge in [-0.15, -0.1) is 0 Å². The van der Waals surface area contributed by atoms with E-state index in [0.29, 0.717) is 5.92 Å². The zero-order chi connectivity index (χ0) is 13.5. The summed E-state index contributed by atoms with van der Waals surface area (Å²) < 4.78 is 5.38. The summed E-state index contributed by atoms with van der Waals surface area (Å²) in [6.07, 6.45) is 2.62. The lowest BCUT2D eigenvalue weighted by Gasteiger charge is -2.18. The minimum Gasteiger partial charge on any atom is -0.496 e. The summed E-state index contributed by atoms with van der Waals surface area (Å²) in [6, 6.07) is 6.21. The predicted molar refractivity (Wildman–Crippen MR) is 74.9 cm³/mol. The first-order chi connectivity index (χ1) is 8.60. The molecule has 18 heavy (non-hydrogen) atoms. The molecular weight excluding hydrogens is 226 g/mol. The summed E-state index contributed by atoms with van der Waals surface area (Å²) in [5.74, 6) is 1.34. The Bertz CT molecular complexity index is 364. The molecule has 0 aliphatic carbocycles. The van der Waals surface area contributed by atoms with Crippen LogP contribution in [0.1, 0.15) is 56.2 Å². The summed E-state index contributed by atoms with van der Waals surface area (Å²) >= 11 is 0. The van der Waals surface area contributed by atoms with Gasteiger partial charge >= 0.3 is 0 Å². The van der Waals surface area contributed by atoms with Crippen LogP contribution in [0.5, 0.6) is 5.75 Å². The van der Waals surface area contributed by atoms with Gasteiger partial charge in [-0.05, 0) is 36.8 Å². The van der Waals surface area contributed by atoms with Gasteiger partial charge in [0, 0.05) is 18.2 Å². The molecule has 0 amide bonds. The molecule has 0 saturated carbocycles. The first-order valence-corrected chi connectivity index (χ1v) is 6.64. The molecule has 0 radical (unpaired) electrons. The van der Waals surface area contributed by atoms with Gasteiger partial charge in [-0.25, -0.2) is 0 Å². The van der Waals surface area contributed by atoms with Gasteiger partial charge in [-0.3, -0.25) is 0 Å². The molecule has 0 heterocycles. The van der Waals surface area contributed by atoms with Crippen molar-refractivity contribution in [3.63, 3.8) is 0 Å². The fourth-order valence-corrected chi connectivity index (χ4v) is 2.03. The molecule has 3 N–H and O–H groups in total. The summed E-state index contributed by atoms with van der Waals surface area (Å²) in [5, 5.41) is 8.80. The molecule has 1 unspecified atom stereocenters. The SMILES string of the molecule is COc1ccc(C(C)C)cc1C(N)CCCCO. The lowest BCUT2D eigenvalue weighted by molar-refractivity contribution is 0.281. The largest absolute Gasteiger partial charge is 0.496 e. The highest BCUT2D eigenvalue weighted by Crippen LogP contribution is 2.30. The van der Waals surface area contributed by atoms with Crippen molar-refractivity contribution in [2.24, 2.45) is 5.73 Å². The van der Waals surface area contributed by atoms with Crippen LogP contribution in [0, 0.1) is 0 Å². The number of aliphatic hydroxyl groups is 1.